The predicted octanol–water partition coefficient (Wildman–Crippen LogP) is 5.05. The van der Waals surface area contributed by atoms with Crippen molar-refractivity contribution in [2.45, 2.75) is 40.2 Å². The smallest absolute Gasteiger partial charge is 0.259 e. The third-order valence-corrected chi connectivity index (χ3v) is 6.58. The highest BCUT2D eigenvalue weighted by Crippen LogP contribution is 2.30. The molecule has 1 atom stereocenters. The minimum Gasteiger partial charge on any atom is -0.466 e. The third kappa shape index (κ3) is 4.61. The standard InChI is InChI=1S/C27H30N4O3/c1-17-12-22(19(3)33-17)24-13-23(25-18(2)30-34-27(25)29-24)26(32)28-14-21-10-7-11-31(16-21)15-20-8-5-4-6-9-20/h4-6,8-9,12-13,21H,7,10-11,14-16H2,1-3H3,(H,28,32). The molecule has 1 unspecified atom stereocenters. The van der Waals surface area contributed by atoms with Crippen molar-refractivity contribution >= 4 is 17.0 Å². The van der Waals surface area contributed by atoms with E-state index in [2.05, 4.69) is 44.6 Å². The molecule has 1 aliphatic heterocycles. The molecule has 3 aromatic heterocycles. The SMILES string of the molecule is Cc1cc(-c2cc(C(=O)NCC3CCCN(Cc4ccccc4)C3)c3c(C)noc3n2)c(C)o1. The van der Waals surface area contributed by atoms with Crippen LogP contribution in [0.2, 0.25) is 0 Å². The number of fused-ring (bicyclic) bond motifs is 1. The number of amides is 1. The number of nitrogens with one attached hydrogen (secondary N) is 1. The monoisotopic (exact) mass is 458 g/mol. The van der Waals surface area contributed by atoms with Gasteiger partial charge in [0.15, 0.2) is 0 Å². The van der Waals surface area contributed by atoms with Crippen LogP contribution in [0.15, 0.2) is 51.4 Å². The van der Waals surface area contributed by atoms with Crippen molar-refractivity contribution in [1.29, 1.82) is 0 Å². The van der Waals surface area contributed by atoms with Gasteiger partial charge in [0, 0.05) is 25.2 Å². The second-order valence-electron chi connectivity index (χ2n) is 9.27. The topological polar surface area (TPSA) is 84.4 Å². The Morgan fingerprint density at radius 2 is 2.00 bits per heavy atom. The summed E-state index contributed by atoms with van der Waals surface area (Å²) in [7, 11) is 0. The van der Waals surface area contributed by atoms with E-state index in [-0.39, 0.29) is 5.91 Å². The van der Waals surface area contributed by atoms with Crippen molar-refractivity contribution < 1.29 is 13.7 Å². The lowest BCUT2D eigenvalue weighted by Crippen LogP contribution is -2.40. The summed E-state index contributed by atoms with van der Waals surface area (Å²) in [5.41, 5.74) is 4.39. The highest BCUT2D eigenvalue weighted by Gasteiger charge is 2.24. The Morgan fingerprint density at radius 1 is 1.18 bits per heavy atom. The molecule has 176 valence electrons. The molecule has 7 heteroatoms. The quantitative estimate of drug-likeness (QED) is 0.435. The minimum atomic E-state index is -0.127. The van der Waals surface area contributed by atoms with Crippen molar-refractivity contribution in [3.05, 3.63) is 70.8 Å². The number of aromatic nitrogens is 2. The molecule has 4 aromatic rings. The van der Waals surface area contributed by atoms with Gasteiger partial charge in [0.25, 0.3) is 11.6 Å². The molecule has 0 saturated carbocycles. The lowest BCUT2D eigenvalue weighted by Gasteiger charge is -2.32. The predicted molar refractivity (Wildman–Crippen MR) is 130 cm³/mol. The fraction of sp³-hybridized carbons (Fsp3) is 0.370. The summed E-state index contributed by atoms with van der Waals surface area (Å²) in [6, 6.07) is 14.3. The molecule has 0 bridgehead atoms. The molecule has 0 spiro atoms. The molecule has 5 rings (SSSR count). The molecule has 7 nitrogen and oxygen atoms in total. The Labute approximate surface area is 199 Å². The van der Waals surface area contributed by atoms with Gasteiger partial charge in [-0.3, -0.25) is 9.69 Å². The zero-order valence-corrected chi connectivity index (χ0v) is 19.9. The van der Waals surface area contributed by atoms with E-state index in [1.807, 2.05) is 39.0 Å². The number of carbonyl (C=O) groups is 1. The van der Waals surface area contributed by atoms with Crippen LogP contribution in [-0.2, 0) is 6.54 Å². The zero-order valence-electron chi connectivity index (χ0n) is 19.9. The van der Waals surface area contributed by atoms with Crippen molar-refractivity contribution in [3.63, 3.8) is 0 Å². The van der Waals surface area contributed by atoms with Crippen LogP contribution in [0.5, 0.6) is 0 Å². The second kappa shape index (κ2) is 9.43. The summed E-state index contributed by atoms with van der Waals surface area (Å²) in [5.74, 6) is 1.85. The number of piperidine rings is 1. The normalized spacial score (nSPS) is 16.7. The van der Waals surface area contributed by atoms with Gasteiger partial charge in [-0.05, 0) is 63.8 Å². The number of pyridine rings is 1. The fourth-order valence-electron chi connectivity index (χ4n) is 4.93. The van der Waals surface area contributed by atoms with Gasteiger partial charge in [0.1, 0.15) is 11.5 Å². The van der Waals surface area contributed by atoms with E-state index in [4.69, 9.17) is 8.94 Å². The molecule has 1 fully saturated rings. The number of likely N-dealkylation sites (tertiary alicyclic amines) is 1. The van der Waals surface area contributed by atoms with Crippen LogP contribution in [0.25, 0.3) is 22.4 Å². The highest BCUT2D eigenvalue weighted by atomic mass is 16.5. The summed E-state index contributed by atoms with van der Waals surface area (Å²) in [6.45, 7) is 9.28. The number of hydrogen-bond acceptors (Lipinski definition) is 6. The Balaban J connectivity index is 1.32. The largest absolute Gasteiger partial charge is 0.466 e. The van der Waals surface area contributed by atoms with Crippen LogP contribution in [-0.4, -0.2) is 40.6 Å². The maximum atomic E-state index is 13.4. The van der Waals surface area contributed by atoms with Crippen molar-refractivity contribution in [2.24, 2.45) is 5.92 Å². The Hall–Kier alpha value is -3.45. The van der Waals surface area contributed by atoms with Gasteiger partial charge < -0.3 is 14.3 Å². The van der Waals surface area contributed by atoms with Gasteiger partial charge in [0.05, 0.1) is 22.3 Å². The Bertz CT molecular complexity index is 1310. The van der Waals surface area contributed by atoms with Crippen LogP contribution in [0.4, 0.5) is 0 Å². The van der Waals surface area contributed by atoms with Gasteiger partial charge in [-0.25, -0.2) is 4.98 Å². The van der Waals surface area contributed by atoms with E-state index in [1.54, 1.807) is 0 Å². The molecule has 4 heterocycles. The lowest BCUT2D eigenvalue weighted by molar-refractivity contribution is 0.0932. The number of nitrogens with zero attached hydrogens (tertiary/aromatic N) is 3. The number of aryl methyl sites for hydroxylation is 3. The molecule has 1 N–H and O–H groups in total. The summed E-state index contributed by atoms with van der Waals surface area (Å²) < 4.78 is 11.1. The van der Waals surface area contributed by atoms with Crippen LogP contribution in [0, 0.1) is 26.7 Å². The van der Waals surface area contributed by atoms with E-state index < -0.39 is 0 Å². The van der Waals surface area contributed by atoms with Crippen molar-refractivity contribution in [2.75, 3.05) is 19.6 Å². The Morgan fingerprint density at radius 3 is 2.76 bits per heavy atom. The number of benzene rings is 1. The molecule has 1 saturated heterocycles. The van der Waals surface area contributed by atoms with Crippen LogP contribution in [0.1, 0.15) is 46.0 Å². The molecule has 1 aliphatic rings. The molecular formula is C27H30N4O3. The maximum Gasteiger partial charge on any atom is 0.259 e. The van der Waals surface area contributed by atoms with Gasteiger partial charge in [-0.2, -0.15) is 0 Å². The first-order chi connectivity index (χ1) is 16.5. The van der Waals surface area contributed by atoms with E-state index in [9.17, 15) is 4.79 Å². The summed E-state index contributed by atoms with van der Waals surface area (Å²) in [5, 5.41) is 7.89. The molecule has 1 amide bonds. The highest BCUT2D eigenvalue weighted by molar-refractivity contribution is 6.07. The second-order valence-corrected chi connectivity index (χ2v) is 9.27. The van der Waals surface area contributed by atoms with Gasteiger partial charge >= 0.3 is 0 Å². The molecule has 34 heavy (non-hydrogen) atoms. The minimum absolute atomic E-state index is 0.127. The first-order valence-corrected chi connectivity index (χ1v) is 11.9. The van der Waals surface area contributed by atoms with Crippen molar-refractivity contribution in [1.82, 2.24) is 20.4 Å². The summed E-state index contributed by atoms with van der Waals surface area (Å²) >= 11 is 0. The number of rotatable bonds is 6. The summed E-state index contributed by atoms with van der Waals surface area (Å²) in [6.07, 6.45) is 2.25. The van der Waals surface area contributed by atoms with Crippen LogP contribution in [0.3, 0.4) is 0 Å². The number of furan rings is 1. The first kappa shape index (κ1) is 22.3. The van der Waals surface area contributed by atoms with Crippen molar-refractivity contribution in [3.8, 4) is 11.3 Å². The number of carbonyl (C=O) groups excluding carboxylic acids is 1. The molecule has 0 radical (unpaired) electrons. The first-order valence-electron chi connectivity index (χ1n) is 11.9. The number of hydrogen-bond donors (Lipinski definition) is 1. The lowest BCUT2D eigenvalue weighted by atomic mass is 9.97. The Kier molecular flexibility index (Phi) is 6.20. The summed E-state index contributed by atoms with van der Waals surface area (Å²) in [4.78, 5) is 20.4. The van der Waals surface area contributed by atoms with Crippen LogP contribution >= 0.6 is 0 Å². The van der Waals surface area contributed by atoms with E-state index >= 15 is 0 Å². The maximum absolute atomic E-state index is 13.4. The third-order valence-electron chi connectivity index (χ3n) is 6.58. The van der Waals surface area contributed by atoms with E-state index in [0.717, 1.165) is 49.6 Å². The van der Waals surface area contributed by atoms with Gasteiger partial charge in [-0.1, -0.05) is 35.5 Å². The molecule has 0 aliphatic carbocycles. The van der Waals surface area contributed by atoms with E-state index in [0.29, 0.717) is 40.5 Å². The van der Waals surface area contributed by atoms with Gasteiger partial charge in [0.2, 0.25) is 0 Å². The molecular weight excluding hydrogens is 428 g/mol. The average molecular weight is 459 g/mol. The average Bonchev–Trinajstić information content (AvgIpc) is 3.38. The zero-order chi connectivity index (χ0) is 23.7. The van der Waals surface area contributed by atoms with Crippen LogP contribution < -0.4 is 5.32 Å². The van der Waals surface area contributed by atoms with Gasteiger partial charge in [-0.15, -0.1) is 0 Å². The van der Waals surface area contributed by atoms with E-state index in [1.165, 1.54) is 5.56 Å². The molecule has 1 aromatic carbocycles. The fourth-order valence-corrected chi connectivity index (χ4v) is 4.93.